The number of aromatic nitrogens is 3. The van der Waals surface area contributed by atoms with E-state index in [1.54, 1.807) is 12.5 Å². The fourth-order valence-corrected chi connectivity index (χ4v) is 5.04. The molecule has 16 heteroatoms. The van der Waals surface area contributed by atoms with Gasteiger partial charge in [-0.05, 0) is 68.6 Å². The number of carboxylic acids is 4. The average molecular weight is 664 g/mol. The van der Waals surface area contributed by atoms with Gasteiger partial charge in [-0.25, -0.2) is 33.9 Å². The largest absolute Gasteiger partial charge is 0.473 e. The van der Waals surface area contributed by atoms with Gasteiger partial charge in [-0.3, -0.25) is 4.57 Å². The van der Waals surface area contributed by atoms with Crippen LogP contribution in [0.25, 0.3) is 22.1 Å². The molecule has 0 amide bonds. The molecule has 0 spiro atoms. The van der Waals surface area contributed by atoms with Gasteiger partial charge in [0.05, 0.1) is 12.8 Å². The Balaban J connectivity index is 0.000000373. The molecule has 5 N–H and O–H groups in total. The summed E-state index contributed by atoms with van der Waals surface area (Å²) in [5, 5.41) is 34.2. The molecule has 0 aliphatic carbocycles. The SMILES string of the molecule is O=C(O)C(=O)O.O=C(O)C(=O)O.O=c1oc2ccccc2cc1CCN1CCCC(Nc2nc3cccnc3n2Cc2ccco2)CC1. The van der Waals surface area contributed by atoms with Crippen molar-refractivity contribution < 1.29 is 48.4 Å². The van der Waals surface area contributed by atoms with E-state index in [0.717, 1.165) is 72.7 Å². The van der Waals surface area contributed by atoms with Gasteiger partial charge in [0.15, 0.2) is 5.65 Å². The van der Waals surface area contributed by atoms with Crippen LogP contribution in [0.1, 0.15) is 30.6 Å². The molecule has 48 heavy (non-hydrogen) atoms. The molecular formula is C32H33N5O11. The maximum Gasteiger partial charge on any atom is 0.414 e. The molecule has 16 nitrogen and oxygen atoms in total. The molecule has 1 aromatic carbocycles. The van der Waals surface area contributed by atoms with Crippen LogP contribution in [0.3, 0.4) is 0 Å². The second kappa shape index (κ2) is 16.5. The number of carboxylic acid groups (broad SMARTS) is 4. The first-order valence-corrected chi connectivity index (χ1v) is 14.8. The highest BCUT2D eigenvalue weighted by Gasteiger charge is 2.21. The van der Waals surface area contributed by atoms with Crippen LogP contribution in [0, 0.1) is 0 Å². The van der Waals surface area contributed by atoms with Crippen LogP contribution in [-0.2, 0) is 32.1 Å². The minimum absolute atomic E-state index is 0.230. The molecule has 5 aromatic rings. The first-order valence-electron chi connectivity index (χ1n) is 14.8. The van der Waals surface area contributed by atoms with E-state index in [1.807, 2.05) is 54.6 Å². The highest BCUT2D eigenvalue weighted by Crippen LogP contribution is 2.23. The van der Waals surface area contributed by atoms with Crippen LogP contribution in [-0.4, -0.2) is 89.4 Å². The summed E-state index contributed by atoms with van der Waals surface area (Å²) in [5.41, 5.74) is 2.87. The number of para-hydroxylation sites is 1. The van der Waals surface area contributed by atoms with Crippen molar-refractivity contribution in [1.82, 2.24) is 19.4 Å². The fourth-order valence-electron chi connectivity index (χ4n) is 5.04. The average Bonchev–Trinajstić information content (AvgIpc) is 3.63. The standard InChI is InChI=1S/C28H29N5O3.2C2H2O4/c34-27-21(18-20-6-1-2-10-25(20)36-27)11-15-32-14-4-7-22(12-16-32)30-28-31-24-9-3-13-29-26(24)33(28)19-23-8-5-17-35-23;2*3-1(4)2(5)6/h1-3,5-6,8-10,13,17-18,22H,4,7,11-12,14-16,19H2,(H,30,31);2*(H,3,4)(H,5,6). The second-order valence-corrected chi connectivity index (χ2v) is 10.6. The molecule has 1 fully saturated rings. The van der Waals surface area contributed by atoms with Crippen molar-refractivity contribution in [2.45, 2.75) is 38.3 Å². The molecule has 0 radical (unpaired) electrons. The third-order valence-corrected chi connectivity index (χ3v) is 7.33. The number of pyridine rings is 1. The number of carbonyl (C=O) groups is 4. The van der Waals surface area contributed by atoms with Gasteiger partial charge < -0.3 is 39.5 Å². The zero-order valence-corrected chi connectivity index (χ0v) is 25.5. The molecule has 4 aromatic heterocycles. The lowest BCUT2D eigenvalue weighted by atomic mass is 10.1. The number of imidazole rings is 1. The molecule has 0 saturated carbocycles. The maximum absolute atomic E-state index is 12.4. The molecule has 5 heterocycles. The molecule has 252 valence electrons. The van der Waals surface area contributed by atoms with E-state index in [-0.39, 0.29) is 5.63 Å². The predicted octanol–water partition coefficient (Wildman–Crippen LogP) is 3.00. The molecular weight excluding hydrogens is 630 g/mol. The molecule has 1 aliphatic heterocycles. The molecule has 1 atom stereocenters. The summed E-state index contributed by atoms with van der Waals surface area (Å²) in [6.45, 7) is 3.40. The number of hydrogen-bond donors (Lipinski definition) is 5. The van der Waals surface area contributed by atoms with Crippen LogP contribution >= 0.6 is 0 Å². The van der Waals surface area contributed by atoms with Gasteiger partial charge in [0.25, 0.3) is 0 Å². The van der Waals surface area contributed by atoms with E-state index >= 15 is 0 Å². The van der Waals surface area contributed by atoms with Gasteiger partial charge in [-0.15, -0.1) is 0 Å². The van der Waals surface area contributed by atoms with Crippen LogP contribution in [0.15, 0.2) is 80.7 Å². The molecule has 1 unspecified atom stereocenters. The smallest absolute Gasteiger partial charge is 0.414 e. The second-order valence-electron chi connectivity index (χ2n) is 10.6. The third kappa shape index (κ3) is 9.73. The Morgan fingerprint density at radius 1 is 0.896 bits per heavy atom. The fraction of sp³-hybridized carbons (Fsp3) is 0.281. The number of benzene rings is 1. The lowest BCUT2D eigenvalue weighted by molar-refractivity contribution is -0.159. The highest BCUT2D eigenvalue weighted by atomic mass is 16.4. The van der Waals surface area contributed by atoms with Crippen molar-refractivity contribution in [1.29, 1.82) is 0 Å². The maximum atomic E-state index is 12.4. The van der Waals surface area contributed by atoms with Gasteiger partial charge in [-0.2, -0.15) is 0 Å². The molecule has 1 aliphatic rings. The number of hydrogen-bond acceptors (Lipinski definition) is 11. The molecule has 0 bridgehead atoms. The number of fused-ring (bicyclic) bond motifs is 2. The monoisotopic (exact) mass is 663 g/mol. The zero-order chi connectivity index (χ0) is 34.6. The van der Waals surface area contributed by atoms with E-state index < -0.39 is 23.9 Å². The summed E-state index contributed by atoms with van der Waals surface area (Å²) in [5.74, 6) is -5.60. The number of anilines is 1. The zero-order valence-electron chi connectivity index (χ0n) is 25.5. The quantitative estimate of drug-likeness (QED) is 0.124. The van der Waals surface area contributed by atoms with E-state index in [0.29, 0.717) is 24.6 Å². The third-order valence-electron chi connectivity index (χ3n) is 7.33. The van der Waals surface area contributed by atoms with Crippen molar-refractivity contribution in [3.8, 4) is 0 Å². The topological polar surface area (TPSA) is 239 Å². The first-order chi connectivity index (χ1) is 23.0. The van der Waals surface area contributed by atoms with Crippen molar-refractivity contribution >= 4 is 52.0 Å². The van der Waals surface area contributed by atoms with E-state index in [2.05, 4.69) is 19.8 Å². The predicted molar refractivity (Wildman–Crippen MR) is 170 cm³/mol. The van der Waals surface area contributed by atoms with E-state index in [1.165, 1.54) is 0 Å². The summed E-state index contributed by atoms with van der Waals surface area (Å²) < 4.78 is 13.2. The lowest BCUT2D eigenvalue weighted by Crippen LogP contribution is -2.29. The Kier molecular flexibility index (Phi) is 12.0. The Labute approximate surface area is 271 Å². The van der Waals surface area contributed by atoms with Crippen LogP contribution in [0.5, 0.6) is 0 Å². The summed E-state index contributed by atoms with van der Waals surface area (Å²) in [4.78, 5) is 60.7. The number of aliphatic carboxylic acids is 4. The number of nitrogens with one attached hydrogen (secondary N) is 1. The summed E-state index contributed by atoms with van der Waals surface area (Å²) in [6.07, 6.45) is 7.33. The Hall–Kier alpha value is -6.03. The van der Waals surface area contributed by atoms with Crippen molar-refractivity contribution in [3.05, 3.63) is 88.8 Å². The highest BCUT2D eigenvalue weighted by molar-refractivity contribution is 6.27. The lowest BCUT2D eigenvalue weighted by Gasteiger charge is -2.20. The minimum Gasteiger partial charge on any atom is -0.473 e. The van der Waals surface area contributed by atoms with E-state index in [9.17, 15) is 4.79 Å². The van der Waals surface area contributed by atoms with Gasteiger partial charge in [0.2, 0.25) is 5.95 Å². The Morgan fingerprint density at radius 2 is 1.62 bits per heavy atom. The van der Waals surface area contributed by atoms with Gasteiger partial charge >= 0.3 is 29.5 Å². The van der Waals surface area contributed by atoms with Gasteiger partial charge in [-0.1, -0.05) is 18.2 Å². The minimum atomic E-state index is -1.82. The molecule has 1 saturated heterocycles. The molecule has 6 rings (SSSR count). The van der Waals surface area contributed by atoms with Crippen LogP contribution in [0.2, 0.25) is 0 Å². The summed E-state index contributed by atoms with van der Waals surface area (Å²) in [7, 11) is 0. The number of likely N-dealkylation sites (tertiary alicyclic amines) is 1. The Morgan fingerprint density at radius 3 is 2.31 bits per heavy atom. The van der Waals surface area contributed by atoms with E-state index in [4.69, 9.17) is 53.4 Å². The van der Waals surface area contributed by atoms with Gasteiger partial charge in [0, 0.05) is 36.3 Å². The van der Waals surface area contributed by atoms with Crippen molar-refractivity contribution in [3.63, 3.8) is 0 Å². The number of nitrogens with zero attached hydrogens (tertiary/aromatic N) is 4. The number of furan rings is 1. The summed E-state index contributed by atoms with van der Waals surface area (Å²) >= 11 is 0. The number of rotatable bonds is 7. The van der Waals surface area contributed by atoms with Gasteiger partial charge in [0.1, 0.15) is 16.9 Å². The normalized spacial score (nSPS) is 14.5. The van der Waals surface area contributed by atoms with Crippen molar-refractivity contribution in [2.75, 3.05) is 25.0 Å². The Bertz CT molecular complexity index is 1890. The summed E-state index contributed by atoms with van der Waals surface area (Å²) in [6, 6.07) is 17.7. The van der Waals surface area contributed by atoms with Crippen LogP contribution < -0.4 is 10.9 Å². The first kappa shape index (κ1) is 34.8. The van der Waals surface area contributed by atoms with Crippen LogP contribution in [0.4, 0.5) is 5.95 Å². The van der Waals surface area contributed by atoms with Crippen molar-refractivity contribution in [2.24, 2.45) is 0 Å².